The van der Waals surface area contributed by atoms with Crippen LogP contribution in [0.3, 0.4) is 0 Å². The van der Waals surface area contributed by atoms with Crippen molar-refractivity contribution < 1.29 is 0 Å². The summed E-state index contributed by atoms with van der Waals surface area (Å²) in [6, 6.07) is 3.09. The SMILES string of the molecule is CCCn1nccc1C(NC)C1CSCCN1C. The Morgan fingerprint density at radius 3 is 3.11 bits per heavy atom. The van der Waals surface area contributed by atoms with E-state index in [1.807, 2.05) is 6.20 Å². The molecule has 0 saturated carbocycles. The van der Waals surface area contributed by atoms with Gasteiger partial charge in [0, 0.05) is 36.8 Å². The Balaban J connectivity index is 2.18. The van der Waals surface area contributed by atoms with Crippen molar-refractivity contribution in [3.63, 3.8) is 0 Å². The fourth-order valence-corrected chi connectivity index (χ4v) is 3.87. The first kappa shape index (κ1) is 13.9. The second-order valence-corrected chi connectivity index (χ2v) is 6.02. The lowest BCUT2D eigenvalue weighted by Crippen LogP contribution is -2.47. The van der Waals surface area contributed by atoms with Crippen molar-refractivity contribution in [2.24, 2.45) is 0 Å². The van der Waals surface area contributed by atoms with Crippen molar-refractivity contribution in [3.8, 4) is 0 Å². The largest absolute Gasteiger partial charge is 0.310 e. The average molecular weight is 268 g/mol. The first-order valence-electron chi connectivity index (χ1n) is 6.75. The van der Waals surface area contributed by atoms with E-state index in [1.54, 1.807) is 0 Å². The van der Waals surface area contributed by atoms with E-state index >= 15 is 0 Å². The van der Waals surface area contributed by atoms with Crippen LogP contribution in [-0.2, 0) is 6.54 Å². The molecule has 1 saturated heterocycles. The molecule has 0 spiro atoms. The Labute approximate surface area is 114 Å². The summed E-state index contributed by atoms with van der Waals surface area (Å²) >= 11 is 2.06. The molecule has 2 unspecified atom stereocenters. The van der Waals surface area contributed by atoms with Crippen molar-refractivity contribution in [1.82, 2.24) is 20.0 Å². The van der Waals surface area contributed by atoms with E-state index in [9.17, 15) is 0 Å². The Bertz CT molecular complexity index is 366. The van der Waals surface area contributed by atoms with E-state index in [-0.39, 0.29) is 0 Å². The number of likely N-dealkylation sites (N-methyl/N-ethyl adjacent to an activating group) is 2. The molecule has 1 fully saturated rings. The lowest BCUT2D eigenvalue weighted by molar-refractivity contribution is 0.215. The van der Waals surface area contributed by atoms with Gasteiger partial charge in [-0.3, -0.25) is 9.58 Å². The van der Waals surface area contributed by atoms with Gasteiger partial charge >= 0.3 is 0 Å². The molecule has 0 amide bonds. The highest BCUT2D eigenvalue weighted by Crippen LogP contribution is 2.26. The van der Waals surface area contributed by atoms with Gasteiger partial charge in [-0.2, -0.15) is 16.9 Å². The van der Waals surface area contributed by atoms with Crippen LogP contribution in [0.1, 0.15) is 25.1 Å². The summed E-state index contributed by atoms with van der Waals surface area (Å²) in [6.45, 7) is 4.38. The highest BCUT2D eigenvalue weighted by atomic mass is 32.2. The van der Waals surface area contributed by atoms with Crippen molar-refractivity contribution in [2.75, 3.05) is 32.1 Å². The molecule has 1 aliphatic rings. The van der Waals surface area contributed by atoms with Gasteiger partial charge in [0.2, 0.25) is 0 Å². The molecule has 1 N–H and O–H groups in total. The van der Waals surface area contributed by atoms with Crippen molar-refractivity contribution in [3.05, 3.63) is 18.0 Å². The molecular weight excluding hydrogens is 244 g/mol. The maximum atomic E-state index is 4.45. The molecule has 2 heterocycles. The molecule has 0 aliphatic carbocycles. The van der Waals surface area contributed by atoms with E-state index < -0.39 is 0 Å². The normalized spacial score (nSPS) is 23.2. The first-order valence-corrected chi connectivity index (χ1v) is 7.90. The molecule has 2 rings (SSSR count). The maximum absolute atomic E-state index is 4.45. The van der Waals surface area contributed by atoms with Crippen molar-refractivity contribution >= 4 is 11.8 Å². The lowest BCUT2D eigenvalue weighted by atomic mass is 10.0. The fraction of sp³-hybridized carbons (Fsp3) is 0.769. The second kappa shape index (κ2) is 6.59. The summed E-state index contributed by atoms with van der Waals surface area (Å²) in [5.74, 6) is 2.44. The van der Waals surface area contributed by atoms with Crippen LogP contribution in [0.4, 0.5) is 0 Å². The van der Waals surface area contributed by atoms with E-state index in [4.69, 9.17) is 0 Å². The minimum atomic E-state index is 0.372. The zero-order valence-electron chi connectivity index (χ0n) is 11.6. The van der Waals surface area contributed by atoms with Gasteiger partial charge in [-0.25, -0.2) is 0 Å². The van der Waals surface area contributed by atoms with Crippen LogP contribution in [-0.4, -0.2) is 52.9 Å². The predicted molar refractivity (Wildman–Crippen MR) is 78.1 cm³/mol. The fourth-order valence-electron chi connectivity index (χ4n) is 2.60. The number of hydrogen-bond donors (Lipinski definition) is 1. The molecule has 5 heteroatoms. The number of nitrogens with zero attached hydrogens (tertiary/aromatic N) is 3. The molecule has 0 bridgehead atoms. The van der Waals surface area contributed by atoms with Gasteiger partial charge in [-0.05, 0) is 26.6 Å². The van der Waals surface area contributed by atoms with E-state index in [2.05, 4.69) is 58.8 Å². The van der Waals surface area contributed by atoms with Gasteiger partial charge in [0.1, 0.15) is 0 Å². The van der Waals surface area contributed by atoms with Gasteiger partial charge in [0.25, 0.3) is 0 Å². The standard InChI is InChI=1S/C13H24N4S/c1-4-7-17-11(5-6-15-17)13(14-2)12-10-18-9-8-16(12)3/h5-6,12-14H,4,7-10H2,1-3H3. The molecule has 1 aromatic rings. The van der Waals surface area contributed by atoms with Gasteiger partial charge in [0.15, 0.2) is 0 Å². The predicted octanol–water partition coefficient (Wildman–Crippen LogP) is 1.60. The van der Waals surface area contributed by atoms with Gasteiger partial charge in [0.05, 0.1) is 11.7 Å². The summed E-state index contributed by atoms with van der Waals surface area (Å²) in [5.41, 5.74) is 1.32. The van der Waals surface area contributed by atoms with E-state index in [0.717, 1.165) is 13.0 Å². The van der Waals surface area contributed by atoms with Crippen molar-refractivity contribution in [1.29, 1.82) is 0 Å². The van der Waals surface area contributed by atoms with Crippen LogP contribution in [0.15, 0.2) is 12.3 Å². The van der Waals surface area contributed by atoms with Gasteiger partial charge < -0.3 is 5.32 Å². The summed E-state index contributed by atoms with van der Waals surface area (Å²) in [5, 5.41) is 7.93. The summed E-state index contributed by atoms with van der Waals surface area (Å²) in [7, 11) is 4.29. The van der Waals surface area contributed by atoms with Crippen LogP contribution in [0.2, 0.25) is 0 Å². The molecule has 1 aliphatic heterocycles. The molecule has 0 radical (unpaired) electrons. The Morgan fingerprint density at radius 2 is 2.44 bits per heavy atom. The number of aryl methyl sites for hydroxylation is 1. The zero-order valence-corrected chi connectivity index (χ0v) is 12.4. The highest BCUT2D eigenvalue weighted by molar-refractivity contribution is 7.99. The van der Waals surface area contributed by atoms with Crippen molar-refractivity contribution in [2.45, 2.75) is 32.0 Å². The smallest absolute Gasteiger partial charge is 0.0655 e. The Hall–Kier alpha value is -0.520. The minimum absolute atomic E-state index is 0.372. The zero-order chi connectivity index (χ0) is 13.0. The lowest BCUT2D eigenvalue weighted by Gasteiger charge is -2.37. The highest BCUT2D eigenvalue weighted by Gasteiger charge is 2.29. The summed E-state index contributed by atoms with van der Waals surface area (Å²) in [4.78, 5) is 2.47. The van der Waals surface area contributed by atoms with Gasteiger partial charge in [-0.15, -0.1) is 0 Å². The van der Waals surface area contributed by atoms with Crippen LogP contribution in [0.5, 0.6) is 0 Å². The second-order valence-electron chi connectivity index (χ2n) is 4.87. The first-order chi connectivity index (χ1) is 8.77. The maximum Gasteiger partial charge on any atom is 0.0655 e. The number of aromatic nitrogens is 2. The molecule has 18 heavy (non-hydrogen) atoms. The Kier molecular flexibility index (Phi) is 5.09. The monoisotopic (exact) mass is 268 g/mol. The summed E-state index contributed by atoms with van der Waals surface area (Å²) in [6.07, 6.45) is 3.05. The van der Waals surface area contributed by atoms with Crippen LogP contribution in [0.25, 0.3) is 0 Å². The average Bonchev–Trinajstić information content (AvgIpc) is 2.82. The third-order valence-electron chi connectivity index (χ3n) is 3.64. The van der Waals surface area contributed by atoms with Gasteiger partial charge in [-0.1, -0.05) is 6.92 Å². The number of rotatable bonds is 5. The van der Waals surface area contributed by atoms with Crippen LogP contribution < -0.4 is 5.32 Å². The Morgan fingerprint density at radius 1 is 1.61 bits per heavy atom. The van der Waals surface area contributed by atoms with Crippen LogP contribution >= 0.6 is 11.8 Å². The van der Waals surface area contributed by atoms with E-state index in [0.29, 0.717) is 12.1 Å². The number of nitrogens with one attached hydrogen (secondary N) is 1. The van der Waals surface area contributed by atoms with Crippen LogP contribution in [0, 0.1) is 0 Å². The van der Waals surface area contributed by atoms with E-state index in [1.165, 1.54) is 23.7 Å². The number of thioether (sulfide) groups is 1. The number of hydrogen-bond acceptors (Lipinski definition) is 4. The summed E-state index contributed by atoms with van der Waals surface area (Å²) < 4.78 is 2.15. The quantitative estimate of drug-likeness (QED) is 0.879. The molecule has 1 aromatic heterocycles. The molecule has 0 aromatic carbocycles. The molecule has 4 nitrogen and oxygen atoms in total. The topological polar surface area (TPSA) is 33.1 Å². The third-order valence-corrected chi connectivity index (χ3v) is 4.69. The molecule has 2 atom stereocenters. The minimum Gasteiger partial charge on any atom is -0.310 e. The molecular formula is C13H24N4S. The molecule has 102 valence electrons. The third kappa shape index (κ3) is 2.90.